The standard InChI is InChI=1S/C14H23NO4/c1-11(2)18-8-7-17-9-13(16)10-19-14-5-3-12(15)4-6-14/h3-6,11,13,16H,7-10,15H2,1-2H3. The number of ether oxygens (including phenoxy) is 3. The zero-order chi connectivity index (χ0) is 14.1. The fourth-order valence-electron chi connectivity index (χ4n) is 1.37. The third-order valence-electron chi connectivity index (χ3n) is 2.31. The minimum Gasteiger partial charge on any atom is -0.491 e. The molecular formula is C14H23NO4. The third kappa shape index (κ3) is 7.66. The largest absolute Gasteiger partial charge is 0.491 e. The second-order valence-corrected chi connectivity index (χ2v) is 4.53. The molecule has 0 bridgehead atoms. The highest BCUT2D eigenvalue weighted by Crippen LogP contribution is 2.13. The van der Waals surface area contributed by atoms with E-state index in [0.29, 0.717) is 24.7 Å². The van der Waals surface area contributed by atoms with E-state index in [-0.39, 0.29) is 19.3 Å². The Morgan fingerprint density at radius 3 is 2.42 bits per heavy atom. The highest BCUT2D eigenvalue weighted by Gasteiger charge is 2.05. The van der Waals surface area contributed by atoms with Crippen molar-refractivity contribution in [3.05, 3.63) is 24.3 Å². The number of hydrogen-bond donors (Lipinski definition) is 2. The summed E-state index contributed by atoms with van der Waals surface area (Å²) in [5.41, 5.74) is 6.24. The van der Waals surface area contributed by atoms with Crippen LogP contribution in [0.3, 0.4) is 0 Å². The van der Waals surface area contributed by atoms with E-state index in [9.17, 15) is 5.11 Å². The third-order valence-corrected chi connectivity index (χ3v) is 2.31. The summed E-state index contributed by atoms with van der Waals surface area (Å²) in [7, 11) is 0. The SMILES string of the molecule is CC(C)OCCOCC(O)COc1ccc(N)cc1. The Balaban J connectivity index is 2.07. The van der Waals surface area contributed by atoms with Crippen LogP contribution >= 0.6 is 0 Å². The van der Waals surface area contributed by atoms with Crippen LogP contribution in [0.15, 0.2) is 24.3 Å². The fourth-order valence-corrected chi connectivity index (χ4v) is 1.37. The number of benzene rings is 1. The van der Waals surface area contributed by atoms with Crippen molar-refractivity contribution >= 4 is 5.69 Å². The Kier molecular flexibility index (Phi) is 7.25. The highest BCUT2D eigenvalue weighted by atomic mass is 16.5. The molecule has 0 aliphatic carbocycles. The molecule has 0 aromatic heterocycles. The monoisotopic (exact) mass is 269 g/mol. The molecule has 0 heterocycles. The maximum absolute atomic E-state index is 9.66. The first-order valence-corrected chi connectivity index (χ1v) is 6.43. The predicted octanol–water partition coefficient (Wildman–Crippen LogP) is 1.45. The van der Waals surface area contributed by atoms with Gasteiger partial charge in [0.2, 0.25) is 0 Å². The van der Waals surface area contributed by atoms with Crippen LogP contribution in [0.5, 0.6) is 5.75 Å². The molecule has 0 radical (unpaired) electrons. The molecule has 1 aromatic carbocycles. The number of hydrogen-bond acceptors (Lipinski definition) is 5. The van der Waals surface area contributed by atoms with Gasteiger partial charge in [-0.1, -0.05) is 0 Å². The summed E-state index contributed by atoms with van der Waals surface area (Å²) in [5, 5.41) is 9.66. The van der Waals surface area contributed by atoms with E-state index in [1.807, 2.05) is 13.8 Å². The van der Waals surface area contributed by atoms with Crippen LogP contribution in [-0.4, -0.2) is 43.7 Å². The molecule has 5 heteroatoms. The van der Waals surface area contributed by atoms with E-state index in [0.717, 1.165) is 0 Å². The Hall–Kier alpha value is -1.30. The summed E-state index contributed by atoms with van der Waals surface area (Å²) in [4.78, 5) is 0. The van der Waals surface area contributed by atoms with E-state index >= 15 is 0 Å². The van der Waals surface area contributed by atoms with Crippen molar-refractivity contribution in [2.75, 3.05) is 32.2 Å². The summed E-state index contributed by atoms with van der Waals surface area (Å²) in [5.74, 6) is 0.677. The average molecular weight is 269 g/mol. The number of nitrogens with two attached hydrogens (primary N) is 1. The van der Waals surface area contributed by atoms with Crippen molar-refractivity contribution in [2.45, 2.75) is 26.1 Å². The molecule has 108 valence electrons. The lowest BCUT2D eigenvalue weighted by Crippen LogP contribution is -2.24. The highest BCUT2D eigenvalue weighted by molar-refractivity contribution is 5.41. The minimum absolute atomic E-state index is 0.189. The van der Waals surface area contributed by atoms with E-state index < -0.39 is 6.10 Å². The van der Waals surface area contributed by atoms with E-state index in [1.165, 1.54) is 0 Å². The summed E-state index contributed by atoms with van der Waals surface area (Å²) in [6, 6.07) is 7.03. The van der Waals surface area contributed by atoms with Crippen molar-refractivity contribution in [3.8, 4) is 5.75 Å². The second kappa shape index (κ2) is 8.74. The van der Waals surface area contributed by atoms with Crippen molar-refractivity contribution < 1.29 is 19.3 Å². The quantitative estimate of drug-likeness (QED) is 0.524. The molecule has 0 aliphatic rings. The van der Waals surface area contributed by atoms with E-state index in [4.69, 9.17) is 19.9 Å². The van der Waals surface area contributed by atoms with E-state index in [2.05, 4.69) is 0 Å². The second-order valence-electron chi connectivity index (χ2n) is 4.53. The van der Waals surface area contributed by atoms with Gasteiger partial charge in [-0.25, -0.2) is 0 Å². The topological polar surface area (TPSA) is 73.9 Å². The molecule has 1 rings (SSSR count). The first-order valence-electron chi connectivity index (χ1n) is 6.43. The van der Waals surface area contributed by atoms with Gasteiger partial charge >= 0.3 is 0 Å². The van der Waals surface area contributed by atoms with Gasteiger partial charge in [0.15, 0.2) is 0 Å². The molecule has 0 amide bonds. The number of aliphatic hydroxyl groups is 1. The van der Waals surface area contributed by atoms with Gasteiger partial charge in [0, 0.05) is 5.69 Å². The van der Waals surface area contributed by atoms with Gasteiger partial charge in [-0.05, 0) is 38.1 Å². The average Bonchev–Trinajstić information content (AvgIpc) is 2.37. The van der Waals surface area contributed by atoms with Gasteiger partial charge in [-0.2, -0.15) is 0 Å². The summed E-state index contributed by atoms with van der Waals surface area (Å²) in [6.45, 7) is 5.36. The molecule has 0 spiro atoms. The van der Waals surface area contributed by atoms with Crippen LogP contribution in [0, 0.1) is 0 Å². The maximum Gasteiger partial charge on any atom is 0.119 e. The maximum atomic E-state index is 9.66. The van der Waals surface area contributed by atoms with Crippen molar-refractivity contribution in [2.24, 2.45) is 0 Å². The Morgan fingerprint density at radius 1 is 1.11 bits per heavy atom. The number of nitrogen functional groups attached to an aromatic ring is 1. The molecule has 0 aliphatic heterocycles. The van der Waals surface area contributed by atoms with Crippen LogP contribution < -0.4 is 10.5 Å². The molecule has 1 aromatic rings. The zero-order valence-corrected chi connectivity index (χ0v) is 11.5. The van der Waals surface area contributed by atoms with Crippen LogP contribution in [0.4, 0.5) is 5.69 Å². The number of aliphatic hydroxyl groups excluding tert-OH is 1. The molecule has 5 nitrogen and oxygen atoms in total. The fraction of sp³-hybridized carbons (Fsp3) is 0.571. The molecule has 1 atom stereocenters. The van der Waals surface area contributed by atoms with Crippen LogP contribution in [0.25, 0.3) is 0 Å². The van der Waals surface area contributed by atoms with Gasteiger partial charge in [-0.15, -0.1) is 0 Å². The lowest BCUT2D eigenvalue weighted by Gasteiger charge is -2.13. The Morgan fingerprint density at radius 2 is 1.79 bits per heavy atom. The zero-order valence-electron chi connectivity index (χ0n) is 11.5. The summed E-state index contributed by atoms with van der Waals surface area (Å²) in [6.07, 6.45) is -0.459. The minimum atomic E-state index is -0.656. The van der Waals surface area contributed by atoms with Gasteiger partial charge < -0.3 is 25.1 Å². The molecule has 0 saturated carbocycles. The van der Waals surface area contributed by atoms with Crippen molar-refractivity contribution in [1.82, 2.24) is 0 Å². The normalized spacial score (nSPS) is 12.6. The van der Waals surface area contributed by atoms with Gasteiger partial charge in [-0.3, -0.25) is 0 Å². The summed E-state index contributed by atoms with van der Waals surface area (Å²) < 4.78 is 16.0. The van der Waals surface area contributed by atoms with Crippen LogP contribution in [0.1, 0.15) is 13.8 Å². The smallest absolute Gasteiger partial charge is 0.119 e. The molecule has 0 fully saturated rings. The molecule has 0 saturated heterocycles. The molecule has 3 N–H and O–H groups in total. The van der Waals surface area contributed by atoms with Gasteiger partial charge in [0.25, 0.3) is 0 Å². The first-order chi connectivity index (χ1) is 9.08. The lowest BCUT2D eigenvalue weighted by molar-refractivity contribution is -0.0213. The lowest BCUT2D eigenvalue weighted by atomic mass is 10.3. The predicted molar refractivity (Wildman–Crippen MR) is 74.3 cm³/mol. The molecular weight excluding hydrogens is 246 g/mol. The van der Waals surface area contributed by atoms with Crippen molar-refractivity contribution in [3.63, 3.8) is 0 Å². The Bertz CT molecular complexity index is 340. The number of rotatable bonds is 9. The van der Waals surface area contributed by atoms with Gasteiger partial charge in [0.05, 0.1) is 25.9 Å². The number of anilines is 1. The van der Waals surface area contributed by atoms with Crippen LogP contribution in [0.2, 0.25) is 0 Å². The Labute approximate surface area is 114 Å². The van der Waals surface area contributed by atoms with E-state index in [1.54, 1.807) is 24.3 Å². The first kappa shape index (κ1) is 15.8. The van der Waals surface area contributed by atoms with Crippen molar-refractivity contribution in [1.29, 1.82) is 0 Å². The van der Waals surface area contributed by atoms with Crippen LogP contribution in [-0.2, 0) is 9.47 Å². The molecule has 19 heavy (non-hydrogen) atoms. The summed E-state index contributed by atoms with van der Waals surface area (Å²) >= 11 is 0. The molecule has 1 unspecified atom stereocenters. The van der Waals surface area contributed by atoms with Gasteiger partial charge in [0.1, 0.15) is 18.5 Å².